The Morgan fingerprint density at radius 1 is 1.36 bits per heavy atom. The molecular formula is C8H12N2O3S. The lowest BCUT2D eigenvalue weighted by molar-refractivity contribution is 0.408. The van der Waals surface area contributed by atoms with Crippen LogP contribution in [-0.4, -0.2) is 15.5 Å². The van der Waals surface area contributed by atoms with Gasteiger partial charge in [-0.05, 0) is 6.07 Å². The van der Waals surface area contributed by atoms with Crippen molar-refractivity contribution in [2.75, 3.05) is 7.11 Å². The first kappa shape index (κ1) is 11.0. The van der Waals surface area contributed by atoms with Crippen LogP contribution < -0.4 is 15.6 Å². The number of nitrogens with two attached hydrogens (primary N) is 2. The summed E-state index contributed by atoms with van der Waals surface area (Å²) in [4.78, 5) is 0. The van der Waals surface area contributed by atoms with Crippen molar-refractivity contribution < 1.29 is 13.2 Å². The Morgan fingerprint density at radius 3 is 2.43 bits per heavy atom. The molecule has 0 aliphatic rings. The average Bonchev–Trinajstić information content (AvgIpc) is 2.15. The first-order valence-corrected chi connectivity index (χ1v) is 5.48. The van der Waals surface area contributed by atoms with E-state index in [0.29, 0.717) is 11.3 Å². The van der Waals surface area contributed by atoms with Crippen LogP contribution in [-0.2, 0) is 10.0 Å². The molecule has 6 heteroatoms. The molecule has 4 N–H and O–H groups in total. The van der Waals surface area contributed by atoms with Gasteiger partial charge in [-0.15, -0.1) is 0 Å². The molecule has 0 saturated carbocycles. The summed E-state index contributed by atoms with van der Waals surface area (Å²) >= 11 is 0. The number of benzene rings is 1. The molecule has 0 aliphatic heterocycles. The SMILES string of the molecule is COc1ccccc1C(N)S(N)(=O)=O. The fraction of sp³-hybridized carbons (Fsp3) is 0.250. The Bertz CT molecular complexity index is 416. The van der Waals surface area contributed by atoms with Crippen molar-refractivity contribution in [3.63, 3.8) is 0 Å². The Kier molecular flexibility index (Phi) is 3.10. The van der Waals surface area contributed by atoms with Gasteiger partial charge < -0.3 is 10.5 Å². The highest BCUT2D eigenvalue weighted by molar-refractivity contribution is 7.89. The minimum Gasteiger partial charge on any atom is -0.496 e. The van der Waals surface area contributed by atoms with Gasteiger partial charge in [-0.1, -0.05) is 18.2 Å². The molecule has 0 spiro atoms. The number of rotatable bonds is 3. The second kappa shape index (κ2) is 3.95. The zero-order valence-corrected chi connectivity index (χ0v) is 8.49. The smallest absolute Gasteiger partial charge is 0.229 e. The highest BCUT2D eigenvalue weighted by Gasteiger charge is 2.21. The van der Waals surface area contributed by atoms with Crippen LogP contribution in [0.1, 0.15) is 10.9 Å². The largest absolute Gasteiger partial charge is 0.496 e. The number of para-hydroxylation sites is 1. The van der Waals surface area contributed by atoms with Gasteiger partial charge in [-0.2, -0.15) is 0 Å². The maximum Gasteiger partial charge on any atom is 0.229 e. The van der Waals surface area contributed by atoms with Crippen LogP contribution in [0.3, 0.4) is 0 Å². The number of hydrogen-bond donors (Lipinski definition) is 2. The fourth-order valence-electron chi connectivity index (χ4n) is 1.08. The van der Waals surface area contributed by atoms with Crippen LogP contribution in [0.15, 0.2) is 24.3 Å². The first-order chi connectivity index (χ1) is 6.46. The molecule has 0 saturated heterocycles. The molecule has 0 aliphatic carbocycles. The molecule has 0 fully saturated rings. The van der Waals surface area contributed by atoms with Gasteiger partial charge in [-0.25, -0.2) is 13.6 Å². The number of ether oxygens (including phenoxy) is 1. The predicted molar refractivity (Wildman–Crippen MR) is 53.0 cm³/mol. The molecule has 0 amide bonds. The summed E-state index contributed by atoms with van der Waals surface area (Å²) in [5.41, 5.74) is 5.81. The van der Waals surface area contributed by atoms with Crippen LogP contribution >= 0.6 is 0 Å². The van der Waals surface area contributed by atoms with Crippen LogP contribution in [0, 0.1) is 0 Å². The zero-order chi connectivity index (χ0) is 10.8. The van der Waals surface area contributed by atoms with E-state index < -0.39 is 15.4 Å². The zero-order valence-electron chi connectivity index (χ0n) is 7.67. The molecule has 0 heterocycles. The molecule has 14 heavy (non-hydrogen) atoms. The Labute approximate surface area is 82.7 Å². The summed E-state index contributed by atoms with van der Waals surface area (Å²) in [6.07, 6.45) is 0. The van der Waals surface area contributed by atoms with E-state index in [1.165, 1.54) is 7.11 Å². The molecule has 1 rings (SSSR count). The number of sulfonamides is 1. The molecule has 78 valence electrons. The third kappa shape index (κ3) is 2.22. The highest BCUT2D eigenvalue weighted by atomic mass is 32.2. The Balaban J connectivity index is 3.19. The number of hydrogen-bond acceptors (Lipinski definition) is 4. The van der Waals surface area contributed by atoms with Gasteiger partial charge in [0.2, 0.25) is 10.0 Å². The van der Waals surface area contributed by atoms with Crippen molar-refractivity contribution in [3.05, 3.63) is 29.8 Å². The maximum atomic E-state index is 11.0. The monoisotopic (exact) mass is 216 g/mol. The van der Waals surface area contributed by atoms with Crippen LogP contribution in [0.2, 0.25) is 0 Å². The van der Waals surface area contributed by atoms with Gasteiger partial charge in [0.05, 0.1) is 7.11 Å². The van der Waals surface area contributed by atoms with E-state index in [9.17, 15) is 8.42 Å². The van der Waals surface area contributed by atoms with Gasteiger partial charge in [0.15, 0.2) is 5.37 Å². The molecule has 1 atom stereocenters. The fourth-order valence-corrected chi connectivity index (χ4v) is 1.63. The van der Waals surface area contributed by atoms with Gasteiger partial charge in [-0.3, -0.25) is 0 Å². The van der Waals surface area contributed by atoms with Crippen molar-refractivity contribution in [3.8, 4) is 5.75 Å². The van der Waals surface area contributed by atoms with Crippen molar-refractivity contribution >= 4 is 10.0 Å². The van der Waals surface area contributed by atoms with Gasteiger partial charge in [0.1, 0.15) is 5.75 Å². The van der Waals surface area contributed by atoms with E-state index in [-0.39, 0.29) is 0 Å². The first-order valence-electron chi connectivity index (χ1n) is 3.87. The van der Waals surface area contributed by atoms with Crippen molar-refractivity contribution in [2.45, 2.75) is 5.37 Å². The highest BCUT2D eigenvalue weighted by Crippen LogP contribution is 2.24. The minimum atomic E-state index is -3.79. The van der Waals surface area contributed by atoms with Crippen LogP contribution in [0.25, 0.3) is 0 Å². The maximum absolute atomic E-state index is 11.0. The predicted octanol–water partition coefficient (Wildman–Crippen LogP) is -0.0590. The van der Waals surface area contributed by atoms with Crippen molar-refractivity contribution in [1.82, 2.24) is 0 Å². The quantitative estimate of drug-likeness (QED) is 0.740. The van der Waals surface area contributed by atoms with E-state index in [2.05, 4.69) is 0 Å². The Hall–Kier alpha value is -1.11. The molecule has 5 nitrogen and oxygen atoms in total. The normalized spacial score (nSPS) is 13.6. The number of methoxy groups -OCH3 is 1. The standard InChI is InChI=1S/C8H12N2O3S/c1-13-7-5-3-2-4-6(7)8(9)14(10,11)12/h2-5,8H,9H2,1H3,(H2,10,11,12). The van der Waals surface area contributed by atoms with Crippen molar-refractivity contribution in [2.24, 2.45) is 10.9 Å². The Morgan fingerprint density at radius 2 is 1.93 bits per heavy atom. The second-order valence-corrected chi connectivity index (χ2v) is 4.44. The van der Waals surface area contributed by atoms with E-state index in [1.54, 1.807) is 24.3 Å². The summed E-state index contributed by atoms with van der Waals surface area (Å²) < 4.78 is 27.0. The molecule has 1 aromatic rings. The lowest BCUT2D eigenvalue weighted by Gasteiger charge is -2.13. The third-order valence-electron chi connectivity index (χ3n) is 1.80. The minimum absolute atomic E-state index is 0.359. The van der Waals surface area contributed by atoms with Crippen LogP contribution in [0.5, 0.6) is 5.75 Å². The summed E-state index contributed by atoms with van der Waals surface area (Å²) in [6, 6.07) is 6.58. The number of primary sulfonamides is 1. The third-order valence-corrected chi connectivity index (χ3v) is 2.76. The summed E-state index contributed by atoms with van der Waals surface area (Å²) in [7, 11) is -2.35. The average molecular weight is 216 g/mol. The van der Waals surface area contributed by atoms with Gasteiger partial charge in [0.25, 0.3) is 0 Å². The van der Waals surface area contributed by atoms with E-state index in [1.807, 2.05) is 0 Å². The van der Waals surface area contributed by atoms with Crippen LogP contribution in [0.4, 0.5) is 0 Å². The van der Waals surface area contributed by atoms with Gasteiger partial charge in [0, 0.05) is 5.56 Å². The van der Waals surface area contributed by atoms with E-state index in [4.69, 9.17) is 15.6 Å². The lowest BCUT2D eigenvalue weighted by Crippen LogP contribution is -2.28. The molecule has 0 aromatic heterocycles. The van der Waals surface area contributed by atoms with Gasteiger partial charge >= 0.3 is 0 Å². The molecular weight excluding hydrogens is 204 g/mol. The molecule has 1 aromatic carbocycles. The van der Waals surface area contributed by atoms with E-state index >= 15 is 0 Å². The molecule has 1 unspecified atom stereocenters. The summed E-state index contributed by atoms with van der Waals surface area (Å²) in [5, 5.41) is 3.68. The molecule has 0 radical (unpaired) electrons. The van der Waals surface area contributed by atoms with E-state index in [0.717, 1.165) is 0 Å². The topological polar surface area (TPSA) is 95.4 Å². The van der Waals surface area contributed by atoms with Crippen molar-refractivity contribution in [1.29, 1.82) is 0 Å². The lowest BCUT2D eigenvalue weighted by atomic mass is 10.2. The second-order valence-electron chi connectivity index (χ2n) is 2.75. The summed E-state index contributed by atoms with van der Waals surface area (Å²) in [6.45, 7) is 0. The molecule has 0 bridgehead atoms. The summed E-state index contributed by atoms with van der Waals surface area (Å²) in [5.74, 6) is 0.411.